The van der Waals surface area contributed by atoms with Crippen LogP contribution in [0.2, 0.25) is 0 Å². The molecule has 2 aromatic rings. The van der Waals surface area contributed by atoms with Crippen molar-refractivity contribution in [3.63, 3.8) is 0 Å². The van der Waals surface area contributed by atoms with Crippen LogP contribution in [-0.4, -0.2) is 34.3 Å². The van der Waals surface area contributed by atoms with Crippen molar-refractivity contribution in [2.45, 2.75) is 32.2 Å². The molecule has 4 heteroatoms. The van der Waals surface area contributed by atoms with E-state index < -0.39 is 0 Å². The van der Waals surface area contributed by atoms with Gasteiger partial charge in [0.05, 0.1) is 12.1 Å². The first-order valence-corrected chi connectivity index (χ1v) is 6.89. The summed E-state index contributed by atoms with van der Waals surface area (Å²) in [6.07, 6.45) is 5.28. The van der Waals surface area contributed by atoms with Crippen LogP contribution < -0.4 is 4.90 Å². The van der Waals surface area contributed by atoms with E-state index in [1.54, 1.807) is 6.33 Å². The Morgan fingerprint density at radius 2 is 2.16 bits per heavy atom. The van der Waals surface area contributed by atoms with Crippen molar-refractivity contribution in [3.8, 4) is 0 Å². The number of hydrogen-bond donors (Lipinski definition) is 1. The number of rotatable bonds is 4. The van der Waals surface area contributed by atoms with Crippen LogP contribution in [0, 0.1) is 6.92 Å². The topological polar surface area (TPSA) is 49.2 Å². The third-order valence-corrected chi connectivity index (χ3v) is 3.98. The SMILES string of the molecule is Cc1cccc2ncnc(N(CCO)C3CCC3)c12. The van der Waals surface area contributed by atoms with E-state index in [0.717, 1.165) is 16.7 Å². The Hall–Kier alpha value is -1.68. The van der Waals surface area contributed by atoms with Gasteiger partial charge in [0.1, 0.15) is 12.1 Å². The Morgan fingerprint density at radius 3 is 2.84 bits per heavy atom. The van der Waals surface area contributed by atoms with Crippen LogP contribution in [0.3, 0.4) is 0 Å². The predicted octanol–water partition coefficient (Wildman–Crippen LogP) is 2.29. The molecule has 1 fully saturated rings. The monoisotopic (exact) mass is 257 g/mol. The number of benzene rings is 1. The molecule has 1 aromatic carbocycles. The van der Waals surface area contributed by atoms with Crippen molar-refractivity contribution in [2.24, 2.45) is 0 Å². The average Bonchev–Trinajstić information content (AvgIpc) is 2.36. The standard InChI is InChI=1S/C15H19N3O/c1-11-4-2-7-13-14(11)15(17-10-16-13)18(8-9-19)12-5-3-6-12/h2,4,7,10,12,19H,3,5-6,8-9H2,1H3. The van der Waals surface area contributed by atoms with E-state index >= 15 is 0 Å². The molecule has 0 atom stereocenters. The summed E-state index contributed by atoms with van der Waals surface area (Å²) in [6, 6.07) is 6.65. The Kier molecular flexibility index (Phi) is 3.34. The molecule has 1 aliphatic carbocycles. The minimum absolute atomic E-state index is 0.161. The Labute approximate surface area is 113 Å². The highest BCUT2D eigenvalue weighted by Crippen LogP contribution is 2.33. The summed E-state index contributed by atoms with van der Waals surface area (Å²) in [7, 11) is 0. The van der Waals surface area contributed by atoms with Crippen molar-refractivity contribution >= 4 is 16.7 Å². The molecule has 0 amide bonds. The minimum atomic E-state index is 0.161. The molecular weight excluding hydrogens is 238 g/mol. The first-order chi connectivity index (χ1) is 9.31. The van der Waals surface area contributed by atoms with Gasteiger partial charge in [-0.2, -0.15) is 0 Å². The number of fused-ring (bicyclic) bond motifs is 1. The quantitative estimate of drug-likeness (QED) is 0.913. The van der Waals surface area contributed by atoms with E-state index in [-0.39, 0.29) is 6.61 Å². The van der Waals surface area contributed by atoms with Crippen molar-refractivity contribution < 1.29 is 5.11 Å². The average molecular weight is 257 g/mol. The first-order valence-electron chi connectivity index (χ1n) is 6.89. The maximum atomic E-state index is 9.32. The first kappa shape index (κ1) is 12.4. The fraction of sp³-hybridized carbons (Fsp3) is 0.467. The molecule has 4 nitrogen and oxygen atoms in total. The van der Waals surface area contributed by atoms with Crippen LogP contribution in [0.15, 0.2) is 24.5 Å². The van der Waals surface area contributed by atoms with Gasteiger partial charge in [-0.1, -0.05) is 12.1 Å². The van der Waals surface area contributed by atoms with Gasteiger partial charge < -0.3 is 10.0 Å². The summed E-state index contributed by atoms with van der Waals surface area (Å²) in [6.45, 7) is 2.89. The number of aryl methyl sites for hydroxylation is 1. The van der Waals surface area contributed by atoms with Crippen LogP contribution in [0.1, 0.15) is 24.8 Å². The van der Waals surface area contributed by atoms with Gasteiger partial charge in [0.15, 0.2) is 0 Å². The summed E-state index contributed by atoms with van der Waals surface area (Å²) in [5.41, 5.74) is 2.17. The summed E-state index contributed by atoms with van der Waals surface area (Å²) in [5, 5.41) is 10.4. The number of aliphatic hydroxyl groups excluding tert-OH is 1. The molecule has 0 unspecified atom stereocenters. The zero-order valence-electron chi connectivity index (χ0n) is 11.2. The van der Waals surface area contributed by atoms with Gasteiger partial charge in [-0.3, -0.25) is 0 Å². The summed E-state index contributed by atoms with van der Waals surface area (Å²) in [4.78, 5) is 11.1. The van der Waals surface area contributed by atoms with E-state index in [2.05, 4.69) is 27.9 Å². The van der Waals surface area contributed by atoms with E-state index in [1.165, 1.54) is 24.8 Å². The van der Waals surface area contributed by atoms with Crippen LogP contribution >= 0.6 is 0 Å². The molecule has 0 radical (unpaired) electrons. The summed E-state index contributed by atoms with van der Waals surface area (Å²) < 4.78 is 0. The van der Waals surface area contributed by atoms with E-state index in [4.69, 9.17) is 0 Å². The Bertz CT molecular complexity index is 575. The lowest BCUT2D eigenvalue weighted by Crippen LogP contribution is -2.42. The van der Waals surface area contributed by atoms with Gasteiger partial charge in [-0.25, -0.2) is 9.97 Å². The van der Waals surface area contributed by atoms with Gasteiger partial charge >= 0.3 is 0 Å². The molecule has 0 aliphatic heterocycles. The molecule has 0 saturated heterocycles. The summed E-state index contributed by atoms with van der Waals surface area (Å²) in [5.74, 6) is 0.974. The van der Waals surface area contributed by atoms with Gasteiger partial charge in [0.25, 0.3) is 0 Å². The van der Waals surface area contributed by atoms with Crippen LogP contribution in [0.4, 0.5) is 5.82 Å². The lowest BCUT2D eigenvalue weighted by molar-refractivity contribution is 0.283. The molecule has 1 heterocycles. The second kappa shape index (κ2) is 5.13. The number of anilines is 1. The van der Waals surface area contributed by atoms with E-state index in [9.17, 15) is 5.11 Å². The van der Waals surface area contributed by atoms with Gasteiger partial charge in [0.2, 0.25) is 0 Å². The van der Waals surface area contributed by atoms with Crippen LogP contribution in [0.5, 0.6) is 0 Å². The van der Waals surface area contributed by atoms with Crippen molar-refractivity contribution in [1.29, 1.82) is 0 Å². The lowest BCUT2D eigenvalue weighted by atomic mass is 9.91. The van der Waals surface area contributed by atoms with Crippen LogP contribution in [-0.2, 0) is 0 Å². The number of hydrogen-bond acceptors (Lipinski definition) is 4. The largest absolute Gasteiger partial charge is 0.395 e. The highest BCUT2D eigenvalue weighted by atomic mass is 16.3. The molecule has 100 valence electrons. The minimum Gasteiger partial charge on any atom is -0.395 e. The van der Waals surface area contributed by atoms with Gasteiger partial charge in [0, 0.05) is 18.0 Å². The van der Waals surface area contributed by atoms with E-state index in [1.807, 2.05) is 12.1 Å². The molecule has 0 bridgehead atoms. The second-order valence-electron chi connectivity index (χ2n) is 5.17. The third-order valence-electron chi connectivity index (χ3n) is 3.98. The molecule has 1 N–H and O–H groups in total. The molecule has 1 saturated carbocycles. The van der Waals surface area contributed by atoms with Crippen molar-refractivity contribution in [2.75, 3.05) is 18.1 Å². The highest BCUT2D eigenvalue weighted by molar-refractivity contribution is 5.92. The predicted molar refractivity (Wildman–Crippen MR) is 76.3 cm³/mol. The number of aromatic nitrogens is 2. The number of nitrogens with zero attached hydrogens (tertiary/aromatic N) is 3. The van der Waals surface area contributed by atoms with Gasteiger partial charge in [-0.15, -0.1) is 0 Å². The summed E-state index contributed by atoms with van der Waals surface area (Å²) >= 11 is 0. The van der Waals surface area contributed by atoms with Crippen LogP contribution in [0.25, 0.3) is 10.9 Å². The molecule has 1 aliphatic rings. The molecule has 1 aromatic heterocycles. The molecule has 19 heavy (non-hydrogen) atoms. The Morgan fingerprint density at radius 1 is 1.32 bits per heavy atom. The zero-order chi connectivity index (χ0) is 13.2. The highest BCUT2D eigenvalue weighted by Gasteiger charge is 2.27. The zero-order valence-corrected chi connectivity index (χ0v) is 11.2. The van der Waals surface area contributed by atoms with E-state index in [0.29, 0.717) is 12.6 Å². The lowest BCUT2D eigenvalue weighted by Gasteiger charge is -2.38. The fourth-order valence-electron chi connectivity index (χ4n) is 2.75. The maximum Gasteiger partial charge on any atom is 0.140 e. The van der Waals surface area contributed by atoms with Crippen molar-refractivity contribution in [1.82, 2.24) is 9.97 Å². The molecule has 3 rings (SSSR count). The smallest absolute Gasteiger partial charge is 0.140 e. The fourth-order valence-corrected chi connectivity index (χ4v) is 2.75. The van der Waals surface area contributed by atoms with Crippen molar-refractivity contribution in [3.05, 3.63) is 30.1 Å². The Balaban J connectivity index is 2.11. The third kappa shape index (κ3) is 2.16. The molecule has 0 spiro atoms. The maximum absolute atomic E-state index is 9.32. The van der Waals surface area contributed by atoms with Gasteiger partial charge in [-0.05, 0) is 37.8 Å². The molecular formula is C15H19N3O. The number of aliphatic hydroxyl groups is 1. The second-order valence-corrected chi connectivity index (χ2v) is 5.17. The normalized spacial score (nSPS) is 15.5.